The standard InChI is InChI=1S/C21H28N2O3/c1-4-23(5-2)21(24)15-22-10-11-26-20(14-22)18-7-6-17-13-19(25-3)9-8-16(17)12-18/h6-9,12-13,20H,4-5,10-11,14-15H2,1-3H3/t20-/m1/s1. The second-order valence-corrected chi connectivity index (χ2v) is 6.63. The zero-order valence-electron chi connectivity index (χ0n) is 15.9. The van der Waals surface area contributed by atoms with Crippen LogP contribution in [0.5, 0.6) is 5.75 Å². The molecule has 1 fully saturated rings. The van der Waals surface area contributed by atoms with Crippen molar-refractivity contribution in [1.29, 1.82) is 0 Å². The summed E-state index contributed by atoms with van der Waals surface area (Å²) >= 11 is 0. The van der Waals surface area contributed by atoms with Crippen LogP contribution in [0, 0.1) is 0 Å². The Morgan fingerprint density at radius 2 is 1.92 bits per heavy atom. The SMILES string of the molecule is CCN(CC)C(=O)CN1CCO[C@@H](c2ccc3cc(OC)ccc3c2)C1. The maximum Gasteiger partial charge on any atom is 0.236 e. The maximum absolute atomic E-state index is 12.4. The molecule has 1 heterocycles. The van der Waals surface area contributed by atoms with Crippen molar-refractivity contribution in [2.75, 3.05) is 46.4 Å². The normalized spacial score (nSPS) is 18.0. The lowest BCUT2D eigenvalue weighted by Gasteiger charge is -2.34. The van der Waals surface area contributed by atoms with Crippen molar-refractivity contribution < 1.29 is 14.3 Å². The van der Waals surface area contributed by atoms with Gasteiger partial charge in [-0.25, -0.2) is 0 Å². The molecule has 2 aromatic carbocycles. The lowest BCUT2D eigenvalue weighted by atomic mass is 10.0. The van der Waals surface area contributed by atoms with Crippen LogP contribution in [0.25, 0.3) is 10.8 Å². The van der Waals surface area contributed by atoms with Gasteiger partial charge in [-0.05, 0) is 48.4 Å². The van der Waals surface area contributed by atoms with Gasteiger partial charge in [0, 0.05) is 26.2 Å². The summed E-state index contributed by atoms with van der Waals surface area (Å²) < 4.78 is 11.3. The first-order valence-corrected chi connectivity index (χ1v) is 9.34. The number of carbonyl (C=O) groups is 1. The summed E-state index contributed by atoms with van der Waals surface area (Å²) in [6.45, 7) is 8.22. The molecule has 0 N–H and O–H groups in total. The van der Waals surface area contributed by atoms with Gasteiger partial charge in [0.2, 0.25) is 5.91 Å². The number of benzene rings is 2. The highest BCUT2D eigenvalue weighted by molar-refractivity contribution is 5.84. The van der Waals surface area contributed by atoms with E-state index in [1.54, 1.807) is 7.11 Å². The monoisotopic (exact) mass is 356 g/mol. The predicted molar refractivity (Wildman–Crippen MR) is 104 cm³/mol. The lowest BCUT2D eigenvalue weighted by molar-refractivity contribution is -0.134. The van der Waals surface area contributed by atoms with E-state index < -0.39 is 0 Å². The molecule has 0 aromatic heterocycles. The largest absolute Gasteiger partial charge is 0.497 e. The number of hydrogen-bond acceptors (Lipinski definition) is 4. The summed E-state index contributed by atoms with van der Waals surface area (Å²) in [7, 11) is 1.68. The zero-order chi connectivity index (χ0) is 18.5. The Morgan fingerprint density at radius 3 is 2.65 bits per heavy atom. The fourth-order valence-electron chi connectivity index (χ4n) is 3.48. The van der Waals surface area contributed by atoms with Crippen LogP contribution in [0.4, 0.5) is 0 Å². The van der Waals surface area contributed by atoms with E-state index in [1.165, 1.54) is 5.39 Å². The van der Waals surface area contributed by atoms with Crippen LogP contribution in [0.3, 0.4) is 0 Å². The van der Waals surface area contributed by atoms with E-state index in [9.17, 15) is 4.79 Å². The van der Waals surface area contributed by atoms with Crippen molar-refractivity contribution in [3.8, 4) is 5.75 Å². The number of rotatable bonds is 6. The number of carbonyl (C=O) groups excluding carboxylic acids is 1. The Morgan fingerprint density at radius 1 is 1.19 bits per heavy atom. The first-order valence-electron chi connectivity index (χ1n) is 9.34. The fraction of sp³-hybridized carbons (Fsp3) is 0.476. The summed E-state index contributed by atoms with van der Waals surface area (Å²) in [5, 5.41) is 2.32. The van der Waals surface area contributed by atoms with E-state index in [4.69, 9.17) is 9.47 Å². The molecular weight excluding hydrogens is 328 g/mol. The fourth-order valence-corrected chi connectivity index (χ4v) is 3.48. The van der Waals surface area contributed by atoms with Crippen molar-refractivity contribution in [3.63, 3.8) is 0 Å². The molecule has 0 spiro atoms. The van der Waals surface area contributed by atoms with E-state index in [2.05, 4.69) is 29.2 Å². The number of fused-ring (bicyclic) bond motifs is 1. The zero-order valence-corrected chi connectivity index (χ0v) is 15.9. The van der Waals surface area contributed by atoms with Gasteiger partial charge >= 0.3 is 0 Å². The molecule has 1 aliphatic heterocycles. The number of hydrogen-bond donors (Lipinski definition) is 0. The number of methoxy groups -OCH3 is 1. The van der Waals surface area contributed by atoms with Crippen molar-refractivity contribution in [2.24, 2.45) is 0 Å². The van der Waals surface area contributed by atoms with Crippen LogP contribution < -0.4 is 4.74 Å². The Hall–Kier alpha value is -2.11. The third kappa shape index (κ3) is 4.17. The van der Waals surface area contributed by atoms with E-state index in [0.717, 1.165) is 42.9 Å². The quantitative estimate of drug-likeness (QED) is 0.798. The van der Waals surface area contributed by atoms with Crippen LogP contribution in [-0.4, -0.2) is 62.1 Å². The lowest BCUT2D eigenvalue weighted by Crippen LogP contribution is -2.45. The Bertz CT molecular complexity index is 758. The molecule has 5 nitrogen and oxygen atoms in total. The van der Waals surface area contributed by atoms with Crippen molar-refractivity contribution in [1.82, 2.24) is 9.80 Å². The summed E-state index contributed by atoms with van der Waals surface area (Å²) in [4.78, 5) is 16.5. The molecule has 1 amide bonds. The highest BCUT2D eigenvalue weighted by Crippen LogP contribution is 2.27. The molecule has 1 atom stereocenters. The van der Waals surface area contributed by atoms with Crippen molar-refractivity contribution >= 4 is 16.7 Å². The third-order valence-corrected chi connectivity index (χ3v) is 5.07. The molecule has 140 valence electrons. The molecule has 0 bridgehead atoms. The van der Waals surface area contributed by atoms with E-state index >= 15 is 0 Å². The highest BCUT2D eigenvalue weighted by atomic mass is 16.5. The van der Waals surface area contributed by atoms with Crippen LogP contribution in [0.1, 0.15) is 25.5 Å². The average Bonchev–Trinajstić information content (AvgIpc) is 2.68. The van der Waals surface area contributed by atoms with Gasteiger partial charge in [0.05, 0.1) is 26.4 Å². The number of ether oxygens (including phenoxy) is 2. The van der Waals surface area contributed by atoms with Gasteiger partial charge in [0.1, 0.15) is 5.75 Å². The summed E-state index contributed by atoms with van der Waals surface area (Å²) in [6.07, 6.45) is -0.000227. The van der Waals surface area contributed by atoms with Gasteiger partial charge < -0.3 is 14.4 Å². The van der Waals surface area contributed by atoms with Crippen LogP contribution in [-0.2, 0) is 9.53 Å². The summed E-state index contributed by atoms with van der Waals surface area (Å²) in [5.74, 6) is 1.06. The first kappa shape index (κ1) is 18.7. The molecule has 3 rings (SSSR count). The molecule has 0 saturated carbocycles. The minimum Gasteiger partial charge on any atom is -0.497 e. The second-order valence-electron chi connectivity index (χ2n) is 6.63. The number of nitrogens with zero attached hydrogens (tertiary/aromatic N) is 2. The van der Waals surface area contributed by atoms with Gasteiger partial charge in [-0.15, -0.1) is 0 Å². The van der Waals surface area contributed by atoms with Crippen LogP contribution in [0.15, 0.2) is 36.4 Å². The molecule has 5 heteroatoms. The van der Waals surface area contributed by atoms with Crippen LogP contribution in [0.2, 0.25) is 0 Å². The smallest absolute Gasteiger partial charge is 0.236 e. The topological polar surface area (TPSA) is 42.0 Å². The molecule has 2 aromatic rings. The van der Waals surface area contributed by atoms with Gasteiger partial charge in [0.15, 0.2) is 0 Å². The van der Waals surface area contributed by atoms with Gasteiger partial charge in [-0.2, -0.15) is 0 Å². The first-order chi connectivity index (χ1) is 12.6. The second kappa shape index (κ2) is 8.52. The summed E-state index contributed by atoms with van der Waals surface area (Å²) in [6, 6.07) is 12.5. The molecule has 26 heavy (non-hydrogen) atoms. The third-order valence-electron chi connectivity index (χ3n) is 5.07. The predicted octanol–water partition coefficient (Wildman–Crippen LogP) is 3.09. The summed E-state index contributed by atoms with van der Waals surface area (Å²) in [5.41, 5.74) is 1.16. The average molecular weight is 356 g/mol. The van der Waals surface area contributed by atoms with Gasteiger partial charge in [-0.1, -0.05) is 18.2 Å². The molecule has 0 unspecified atom stereocenters. The molecule has 1 aliphatic rings. The van der Waals surface area contributed by atoms with Gasteiger partial charge in [0.25, 0.3) is 0 Å². The van der Waals surface area contributed by atoms with Crippen molar-refractivity contribution in [2.45, 2.75) is 20.0 Å². The number of morpholine rings is 1. The molecule has 0 radical (unpaired) electrons. The van der Waals surface area contributed by atoms with E-state index in [-0.39, 0.29) is 12.0 Å². The maximum atomic E-state index is 12.4. The Kier molecular flexibility index (Phi) is 6.12. The Balaban J connectivity index is 1.71. The van der Waals surface area contributed by atoms with Crippen LogP contribution >= 0.6 is 0 Å². The Labute approximate surface area is 155 Å². The van der Waals surface area contributed by atoms with E-state index in [1.807, 2.05) is 30.9 Å². The van der Waals surface area contributed by atoms with Gasteiger partial charge in [-0.3, -0.25) is 9.69 Å². The highest BCUT2D eigenvalue weighted by Gasteiger charge is 2.24. The van der Waals surface area contributed by atoms with E-state index in [0.29, 0.717) is 13.2 Å². The number of amides is 1. The minimum atomic E-state index is -0.000227. The minimum absolute atomic E-state index is 0.000227. The van der Waals surface area contributed by atoms with Crippen molar-refractivity contribution in [3.05, 3.63) is 42.0 Å². The molecular formula is C21H28N2O3. The molecule has 0 aliphatic carbocycles. The number of likely N-dealkylation sites (N-methyl/N-ethyl adjacent to an activating group) is 1. The molecule has 1 saturated heterocycles.